The molecule has 134 valence electrons. The Bertz CT molecular complexity index is 287. The Kier molecular flexibility index (Phi) is 9.29. The third-order valence-corrected chi connectivity index (χ3v) is 5.86. The Balaban J connectivity index is 1.76. The van der Waals surface area contributed by atoms with Crippen LogP contribution in [0.5, 0.6) is 0 Å². The van der Waals surface area contributed by atoms with Crippen LogP contribution in [0.1, 0.15) is 84.0 Å². The fraction of sp³-hybridized carbons (Fsp3) is 0.905. The number of hydrogen-bond acceptors (Lipinski definition) is 2. The van der Waals surface area contributed by atoms with E-state index in [2.05, 4.69) is 29.4 Å². The average Bonchev–Trinajstić information content (AvgIpc) is 3.27. The molecule has 0 aromatic heterocycles. The summed E-state index contributed by atoms with van der Waals surface area (Å²) in [4.78, 5) is 5.53. The van der Waals surface area contributed by atoms with Gasteiger partial charge in [0.15, 0.2) is 0 Å². The molecule has 1 atom stereocenters. The van der Waals surface area contributed by atoms with Crippen LogP contribution in [-0.2, 0) is 0 Å². The molecule has 0 radical (unpaired) electrons. The van der Waals surface area contributed by atoms with Crippen LogP contribution in [0, 0.1) is 5.92 Å². The van der Waals surface area contributed by atoms with Crippen molar-refractivity contribution in [3.05, 3.63) is 12.7 Å². The first kappa shape index (κ1) is 19.0. The van der Waals surface area contributed by atoms with Gasteiger partial charge in [0.2, 0.25) is 0 Å². The highest BCUT2D eigenvalue weighted by Gasteiger charge is 2.33. The molecular formula is C21H40N2. The molecule has 0 amide bonds. The predicted molar refractivity (Wildman–Crippen MR) is 102 cm³/mol. The first-order valence-electron chi connectivity index (χ1n) is 10.5. The maximum absolute atomic E-state index is 4.21. The summed E-state index contributed by atoms with van der Waals surface area (Å²) in [6, 6.07) is 0. The van der Waals surface area contributed by atoms with Crippen molar-refractivity contribution in [2.45, 2.75) is 90.1 Å². The van der Waals surface area contributed by atoms with Crippen LogP contribution in [-0.4, -0.2) is 42.1 Å². The van der Waals surface area contributed by atoms with Crippen LogP contribution < -0.4 is 0 Å². The molecule has 0 N–H and O–H groups in total. The Hall–Kier alpha value is -0.340. The Morgan fingerprint density at radius 2 is 1.26 bits per heavy atom. The Morgan fingerprint density at radius 3 is 1.74 bits per heavy atom. The fourth-order valence-electron chi connectivity index (χ4n) is 4.51. The van der Waals surface area contributed by atoms with Gasteiger partial charge in [-0.25, -0.2) is 0 Å². The van der Waals surface area contributed by atoms with Gasteiger partial charge in [0.25, 0.3) is 0 Å². The molecule has 2 heterocycles. The second-order valence-corrected chi connectivity index (χ2v) is 7.71. The average molecular weight is 321 g/mol. The van der Waals surface area contributed by atoms with E-state index < -0.39 is 0 Å². The van der Waals surface area contributed by atoms with Gasteiger partial charge in [0.1, 0.15) is 0 Å². The maximum Gasteiger partial charge on any atom is 0.0686 e. The highest BCUT2D eigenvalue weighted by molar-refractivity contribution is 4.93. The Morgan fingerprint density at radius 1 is 0.783 bits per heavy atom. The number of likely N-dealkylation sites (tertiary alicyclic amines) is 2. The molecule has 0 bridgehead atoms. The van der Waals surface area contributed by atoms with Crippen molar-refractivity contribution in [2.75, 3.05) is 26.2 Å². The van der Waals surface area contributed by atoms with Gasteiger partial charge in [-0.3, -0.25) is 9.80 Å². The standard InChI is InChI=1S/C21H40N2/c1-3-5-6-7-8-9-10-15-20(4-2)21(22-16-11-12-17-22)23-18-13-14-19-23/h4,20-21H,2-3,5-19H2,1H3. The summed E-state index contributed by atoms with van der Waals surface area (Å²) >= 11 is 0. The minimum Gasteiger partial charge on any atom is -0.287 e. The normalized spacial score (nSPS) is 21.3. The van der Waals surface area contributed by atoms with Gasteiger partial charge in [-0.05, 0) is 58.3 Å². The van der Waals surface area contributed by atoms with E-state index in [4.69, 9.17) is 0 Å². The molecule has 2 fully saturated rings. The van der Waals surface area contributed by atoms with Gasteiger partial charge < -0.3 is 0 Å². The van der Waals surface area contributed by atoms with Gasteiger partial charge in [0.05, 0.1) is 6.17 Å². The molecular weight excluding hydrogens is 280 g/mol. The third-order valence-electron chi connectivity index (χ3n) is 5.86. The van der Waals surface area contributed by atoms with E-state index in [9.17, 15) is 0 Å². The van der Waals surface area contributed by atoms with E-state index in [1.165, 1.54) is 103 Å². The third kappa shape index (κ3) is 6.23. The largest absolute Gasteiger partial charge is 0.287 e. The van der Waals surface area contributed by atoms with Gasteiger partial charge in [-0.15, -0.1) is 6.58 Å². The molecule has 23 heavy (non-hydrogen) atoms. The van der Waals surface area contributed by atoms with Crippen LogP contribution >= 0.6 is 0 Å². The van der Waals surface area contributed by atoms with Crippen molar-refractivity contribution in [3.63, 3.8) is 0 Å². The lowest BCUT2D eigenvalue weighted by molar-refractivity contribution is 0.0423. The zero-order valence-electron chi connectivity index (χ0n) is 15.6. The maximum atomic E-state index is 4.21. The van der Waals surface area contributed by atoms with Crippen LogP contribution in [0.3, 0.4) is 0 Å². The topological polar surface area (TPSA) is 6.48 Å². The molecule has 0 aromatic rings. The summed E-state index contributed by atoms with van der Waals surface area (Å²) in [6.45, 7) is 11.7. The molecule has 2 nitrogen and oxygen atoms in total. The minimum atomic E-state index is 0.651. The lowest BCUT2D eigenvalue weighted by atomic mass is 9.95. The fourth-order valence-corrected chi connectivity index (χ4v) is 4.51. The summed E-state index contributed by atoms with van der Waals surface area (Å²) in [7, 11) is 0. The SMILES string of the molecule is C=CC(CCCCCCCCC)C(N1CCCC1)N1CCCC1. The molecule has 2 saturated heterocycles. The lowest BCUT2D eigenvalue weighted by Gasteiger charge is -2.39. The van der Waals surface area contributed by atoms with E-state index >= 15 is 0 Å². The summed E-state index contributed by atoms with van der Waals surface area (Å²) in [5, 5.41) is 0. The molecule has 0 aliphatic carbocycles. The van der Waals surface area contributed by atoms with E-state index in [1.54, 1.807) is 0 Å². The summed E-state index contributed by atoms with van der Waals surface area (Å²) in [6.07, 6.45) is 19.7. The van der Waals surface area contributed by atoms with Crippen LogP contribution in [0.2, 0.25) is 0 Å². The van der Waals surface area contributed by atoms with Crippen molar-refractivity contribution in [1.82, 2.24) is 9.80 Å². The van der Waals surface area contributed by atoms with E-state index in [-0.39, 0.29) is 0 Å². The first-order valence-corrected chi connectivity index (χ1v) is 10.5. The lowest BCUT2D eigenvalue weighted by Crippen LogP contribution is -2.50. The molecule has 0 aromatic carbocycles. The van der Waals surface area contributed by atoms with Crippen LogP contribution in [0.4, 0.5) is 0 Å². The van der Waals surface area contributed by atoms with Crippen molar-refractivity contribution in [2.24, 2.45) is 5.92 Å². The molecule has 2 rings (SSSR count). The van der Waals surface area contributed by atoms with Gasteiger partial charge in [-0.1, -0.05) is 57.9 Å². The van der Waals surface area contributed by atoms with Crippen molar-refractivity contribution >= 4 is 0 Å². The highest BCUT2D eigenvalue weighted by Crippen LogP contribution is 2.28. The van der Waals surface area contributed by atoms with Crippen LogP contribution in [0.15, 0.2) is 12.7 Å². The number of hydrogen-bond donors (Lipinski definition) is 0. The van der Waals surface area contributed by atoms with Crippen molar-refractivity contribution < 1.29 is 0 Å². The van der Waals surface area contributed by atoms with E-state index in [0.29, 0.717) is 12.1 Å². The molecule has 1 unspecified atom stereocenters. The summed E-state index contributed by atoms with van der Waals surface area (Å²) in [5.41, 5.74) is 0. The second-order valence-electron chi connectivity index (χ2n) is 7.71. The van der Waals surface area contributed by atoms with Crippen molar-refractivity contribution in [1.29, 1.82) is 0 Å². The molecule has 2 aliphatic rings. The zero-order chi connectivity index (χ0) is 16.3. The van der Waals surface area contributed by atoms with Crippen LogP contribution in [0.25, 0.3) is 0 Å². The summed E-state index contributed by atoms with van der Waals surface area (Å²) in [5.74, 6) is 0.668. The number of nitrogens with zero attached hydrogens (tertiary/aromatic N) is 2. The molecule has 0 spiro atoms. The van der Waals surface area contributed by atoms with E-state index in [1.807, 2.05) is 0 Å². The summed E-state index contributed by atoms with van der Waals surface area (Å²) < 4.78 is 0. The van der Waals surface area contributed by atoms with Gasteiger partial charge in [-0.2, -0.15) is 0 Å². The predicted octanol–water partition coefficient (Wildman–Crippen LogP) is 5.45. The minimum absolute atomic E-state index is 0.651. The molecule has 0 saturated carbocycles. The molecule has 2 aliphatic heterocycles. The molecule has 2 heteroatoms. The second kappa shape index (κ2) is 11.3. The quantitative estimate of drug-likeness (QED) is 0.348. The number of unbranched alkanes of at least 4 members (excludes halogenated alkanes) is 6. The highest BCUT2D eigenvalue weighted by atomic mass is 15.4. The van der Waals surface area contributed by atoms with Gasteiger partial charge in [0, 0.05) is 5.92 Å². The van der Waals surface area contributed by atoms with E-state index in [0.717, 1.165) is 0 Å². The zero-order valence-corrected chi connectivity index (χ0v) is 15.6. The first-order chi connectivity index (χ1) is 11.4. The monoisotopic (exact) mass is 320 g/mol. The Labute approximate surface area is 145 Å². The van der Waals surface area contributed by atoms with Gasteiger partial charge >= 0.3 is 0 Å². The van der Waals surface area contributed by atoms with Crippen molar-refractivity contribution in [3.8, 4) is 0 Å². The number of rotatable bonds is 12. The smallest absolute Gasteiger partial charge is 0.0686 e.